The number of aryl methyl sites for hydroxylation is 1. The normalized spacial score (nSPS) is 20.3. The van der Waals surface area contributed by atoms with E-state index >= 15 is 0 Å². The number of sulfone groups is 1. The molecule has 0 radical (unpaired) electrons. The van der Waals surface area contributed by atoms with Crippen molar-refractivity contribution in [1.29, 1.82) is 0 Å². The first kappa shape index (κ1) is 20.5. The highest BCUT2D eigenvalue weighted by molar-refractivity contribution is 7.95. The fourth-order valence-electron chi connectivity index (χ4n) is 4.05. The van der Waals surface area contributed by atoms with E-state index in [1.807, 2.05) is 13.8 Å². The molecule has 0 fully saturated rings. The van der Waals surface area contributed by atoms with E-state index in [0.29, 0.717) is 23.6 Å². The first-order valence-corrected chi connectivity index (χ1v) is 11.1. The molecule has 0 spiro atoms. The van der Waals surface area contributed by atoms with Gasteiger partial charge in [-0.2, -0.15) is 0 Å². The van der Waals surface area contributed by atoms with Crippen molar-refractivity contribution in [1.82, 2.24) is 0 Å². The number of aliphatic imine (C=N–C) groups is 1. The molecule has 0 bridgehead atoms. The minimum Gasteiger partial charge on any atom is -0.488 e. The van der Waals surface area contributed by atoms with Gasteiger partial charge in [0.15, 0.2) is 0 Å². The van der Waals surface area contributed by atoms with Gasteiger partial charge in [0.2, 0.25) is 9.84 Å². The number of fused-ring (bicyclic) bond motifs is 2. The zero-order valence-electron chi connectivity index (χ0n) is 17.0. The summed E-state index contributed by atoms with van der Waals surface area (Å²) < 4.78 is 47.8. The second-order valence-corrected chi connectivity index (χ2v) is 10.2. The third kappa shape index (κ3) is 3.39. The lowest BCUT2D eigenvalue weighted by molar-refractivity contribution is -0.136. The Morgan fingerprint density at radius 1 is 1.33 bits per heavy atom. The van der Waals surface area contributed by atoms with Crippen LogP contribution < -0.4 is 4.74 Å². The number of nitrogens with zero attached hydrogens (tertiary/aromatic N) is 1. The number of ether oxygens (including phenoxy) is 1. The zero-order chi connectivity index (χ0) is 21.8. The summed E-state index contributed by atoms with van der Waals surface area (Å²) in [7, 11) is -4.25. The molecule has 2 heterocycles. The van der Waals surface area contributed by atoms with Crippen molar-refractivity contribution < 1.29 is 27.4 Å². The molecule has 1 aromatic carbocycles. The van der Waals surface area contributed by atoms with Crippen LogP contribution >= 0.6 is 0 Å². The first-order valence-electron chi connectivity index (χ1n) is 9.67. The maximum absolute atomic E-state index is 14.9. The van der Waals surface area contributed by atoms with Gasteiger partial charge in [-0.1, -0.05) is 0 Å². The van der Waals surface area contributed by atoms with Gasteiger partial charge >= 0.3 is 5.97 Å². The third-order valence-electron chi connectivity index (χ3n) is 5.57. The number of hydrogen-bond acceptors (Lipinski definition) is 5. The molecule has 1 N–H and O–H groups in total. The van der Waals surface area contributed by atoms with Crippen LogP contribution in [0, 0.1) is 0 Å². The summed E-state index contributed by atoms with van der Waals surface area (Å²) in [5.41, 5.74) is 1.52. The van der Waals surface area contributed by atoms with Crippen LogP contribution in [0.5, 0.6) is 5.75 Å². The largest absolute Gasteiger partial charge is 0.488 e. The van der Waals surface area contributed by atoms with Gasteiger partial charge in [0, 0.05) is 17.7 Å². The third-order valence-corrected chi connectivity index (χ3v) is 7.38. The van der Waals surface area contributed by atoms with E-state index in [1.165, 1.54) is 18.2 Å². The first-order chi connectivity index (χ1) is 14.0. The Labute approximate surface area is 174 Å². The fraction of sp³-hybridized carbons (Fsp3) is 0.364. The van der Waals surface area contributed by atoms with Gasteiger partial charge in [-0.05, 0) is 69.0 Å². The van der Waals surface area contributed by atoms with E-state index in [9.17, 15) is 22.7 Å². The van der Waals surface area contributed by atoms with Crippen LogP contribution in [0.25, 0.3) is 0 Å². The van der Waals surface area contributed by atoms with Gasteiger partial charge in [-0.25, -0.2) is 12.8 Å². The molecule has 4 rings (SSSR count). The molecule has 0 saturated heterocycles. The Hall–Kier alpha value is -2.74. The number of carboxylic acids is 1. The van der Waals surface area contributed by atoms with Crippen LogP contribution in [-0.2, 0) is 21.1 Å². The van der Waals surface area contributed by atoms with Gasteiger partial charge in [0.25, 0.3) is 0 Å². The van der Waals surface area contributed by atoms with Gasteiger partial charge in [-0.3, -0.25) is 9.79 Å². The molecule has 0 amide bonds. The highest BCUT2D eigenvalue weighted by Gasteiger charge is 2.38. The van der Waals surface area contributed by atoms with E-state index in [1.54, 1.807) is 13.0 Å². The molecular formula is C22H22FNO5S. The molecule has 158 valence electrons. The van der Waals surface area contributed by atoms with Gasteiger partial charge in [0.1, 0.15) is 22.1 Å². The minimum atomic E-state index is -4.25. The SMILES string of the molecule is CC1=C(CC(=O)O)C2=C(S(=O)(=O)c3ccc4c(c3)CCC(C)(C)O4)C(F)=CCC2=N1. The predicted molar refractivity (Wildman–Crippen MR) is 110 cm³/mol. The maximum Gasteiger partial charge on any atom is 0.307 e. The van der Waals surface area contributed by atoms with Crippen molar-refractivity contribution in [2.45, 2.75) is 57.0 Å². The van der Waals surface area contributed by atoms with E-state index in [4.69, 9.17) is 4.74 Å². The number of benzene rings is 1. The molecule has 3 aliphatic rings. The minimum absolute atomic E-state index is 0.0453. The molecular weight excluding hydrogens is 409 g/mol. The van der Waals surface area contributed by atoms with E-state index in [0.717, 1.165) is 12.0 Å². The van der Waals surface area contributed by atoms with Crippen LogP contribution in [0.3, 0.4) is 0 Å². The summed E-state index contributed by atoms with van der Waals surface area (Å²) in [5, 5.41) is 9.25. The van der Waals surface area contributed by atoms with Crippen LogP contribution in [-0.4, -0.2) is 30.8 Å². The summed E-state index contributed by atoms with van der Waals surface area (Å²) in [6, 6.07) is 4.53. The Kier molecular flexibility index (Phi) is 4.73. The topological polar surface area (TPSA) is 93.0 Å². The second kappa shape index (κ2) is 6.91. The Balaban J connectivity index is 1.85. The number of halogens is 1. The van der Waals surface area contributed by atoms with Gasteiger partial charge in [0.05, 0.1) is 17.0 Å². The number of allylic oxidation sites excluding steroid dienone is 4. The molecule has 0 unspecified atom stereocenters. The standard InChI is InChI=1S/C22H22FNO5S/c1-12-15(11-19(25)26)20-17(24-12)6-5-16(23)21(20)30(27,28)14-4-7-18-13(10-14)8-9-22(2,3)29-18/h4-5,7,10H,6,8-9,11H2,1-3H3,(H,25,26). The number of carboxylic acid groups (broad SMARTS) is 1. The van der Waals surface area contributed by atoms with Crippen LogP contribution in [0.4, 0.5) is 4.39 Å². The average Bonchev–Trinajstić information content (AvgIpc) is 2.95. The van der Waals surface area contributed by atoms with Crippen molar-refractivity contribution in [3.8, 4) is 5.75 Å². The van der Waals surface area contributed by atoms with Crippen molar-refractivity contribution >= 4 is 21.5 Å². The molecule has 8 heteroatoms. The monoisotopic (exact) mass is 431 g/mol. The maximum atomic E-state index is 14.9. The summed E-state index contributed by atoms with van der Waals surface area (Å²) >= 11 is 0. The number of hydrogen-bond donors (Lipinski definition) is 1. The summed E-state index contributed by atoms with van der Waals surface area (Å²) in [5.74, 6) is -1.39. The van der Waals surface area contributed by atoms with Crippen molar-refractivity contribution in [3.05, 3.63) is 57.4 Å². The molecule has 0 aromatic heterocycles. The van der Waals surface area contributed by atoms with Gasteiger partial charge in [-0.15, -0.1) is 0 Å². The van der Waals surface area contributed by atoms with E-state index in [-0.39, 0.29) is 28.1 Å². The highest BCUT2D eigenvalue weighted by Crippen LogP contribution is 2.42. The van der Waals surface area contributed by atoms with Crippen molar-refractivity contribution in [2.75, 3.05) is 0 Å². The average molecular weight is 431 g/mol. The summed E-state index contributed by atoms with van der Waals surface area (Å²) in [6.07, 6.45) is 2.25. The van der Waals surface area contributed by atoms with Crippen molar-refractivity contribution in [2.24, 2.45) is 4.99 Å². The van der Waals surface area contributed by atoms with Crippen LogP contribution in [0.2, 0.25) is 0 Å². The Morgan fingerprint density at radius 2 is 2.07 bits per heavy atom. The number of rotatable bonds is 4. The highest BCUT2D eigenvalue weighted by atomic mass is 32.2. The molecule has 0 saturated carbocycles. The number of aliphatic carboxylic acids is 1. The predicted octanol–water partition coefficient (Wildman–Crippen LogP) is 4.28. The lowest BCUT2D eigenvalue weighted by Gasteiger charge is -2.32. The molecule has 1 aliphatic carbocycles. The molecule has 1 aromatic rings. The molecule has 30 heavy (non-hydrogen) atoms. The zero-order valence-corrected chi connectivity index (χ0v) is 17.8. The van der Waals surface area contributed by atoms with Crippen LogP contribution in [0.15, 0.2) is 61.7 Å². The number of carbonyl (C=O) groups is 1. The van der Waals surface area contributed by atoms with E-state index < -0.39 is 33.0 Å². The lowest BCUT2D eigenvalue weighted by Crippen LogP contribution is -2.32. The second-order valence-electron chi connectivity index (χ2n) is 8.29. The van der Waals surface area contributed by atoms with Crippen LogP contribution in [0.1, 0.15) is 45.6 Å². The fourth-order valence-corrected chi connectivity index (χ4v) is 5.68. The summed E-state index contributed by atoms with van der Waals surface area (Å²) in [6.45, 7) is 5.54. The molecule has 2 aliphatic heterocycles. The molecule has 6 nitrogen and oxygen atoms in total. The Morgan fingerprint density at radius 3 is 2.77 bits per heavy atom. The summed E-state index contributed by atoms with van der Waals surface area (Å²) in [4.78, 5) is 15.1. The van der Waals surface area contributed by atoms with Crippen molar-refractivity contribution in [3.63, 3.8) is 0 Å². The van der Waals surface area contributed by atoms with E-state index in [2.05, 4.69) is 4.99 Å². The lowest BCUT2D eigenvalue weighted by atomic mass is 9.94. The molecule has 0 atom stereocenters. The van der Waals surface area contributed by atoms with Gasteiger partial charge < -0.3 is 9.84 Å². The smallest absolute Gasteiger partial charge is 0.307 e. The Bertz CT molecular complexity index is 1200. The quantitative estimate of drug-likeness (QED) is 0.768.